The average Bonchev–Trinajstić information content (AvgIpc) is 3.44. The lowest BCUT2D eigenvalue weighted by atomic mass is 10.3. The van der Waals surface area contributed by atoms with E-state index in [0.29, 0.717) is 29.1 Å². The third-order valence-electron chi connectivity index (χ3n) is 5.60. The zero-order valence-corrected chi connectivity index (χ0v) is 21.4. The lowest BCUT2D eigenvalue weighted by molar-refractivity contribution is 0.322. The van der Waals surface area contributed by atoms with E-state index in [-0.39, 0.29) is 33.9 Å². The first-order valence-electron chi connectivity index (χ1n) is 11.0. The van der Waals surface area contributed by atoms with Crippen molar-refractivity contribution in [1.29, 1.82) is 0 Å². The number of hydrogen-bond donors (Lipinski definition) is 1. The molecule has 1 saturated heterocycles. The van der Waals surface area contributed by atoms with E-state index in [2.05, 4.69) is 4.72 Å². The number of benzene rings is 2. The first-order valence-corrected chi connectivity index (χ1v) is 14.7. The molecule has 184 valence electrons. The Kier molecular flexibility index (Phi) is 7.15. The van der Waals surface area contributed by atoms with Crippen LogP contribution in [-0.4, -0.2) is 51.9 Å². The van der Waals surface area contributed by atoms with E-state index in [1.807, 2.05) is 13.8 Å². The van der Waals surface area contributed by atoms with Crippen LogP contribution in [-0.2, 0) is 20.0 Å². The van der Waals surface area contributed by atoms with E-state index in [1.165, 1.54) is 28.6 Å². The van der Waals surface area contributed by atoms with Gasteiger partial charge >= 0.3 is 4.87 Å². The smallest absolute Gasteiger partial charge is 0.308 e. The number of fused-ring (bicyclic) bond motifs is 1. The van der Waals surface area contributed by atoms with Crippen molar-refractivity contribution in [3.05, 3.63) is 52.1 Å². The molecular weight excluding hydrogens is 498 g/mol. The highest BCUT2D eigenvalue weighted by molar-refractivity contribution is 7.89. The summed E-state index contributed by atoms with van der Waals surface area (Å²) in [4.78, 5) is 12.4. The van der Waals surface area contributed by atoms with Gasteiger partial charge in [0.2, 0.25) is 20.0 Å². The maximum Gasteiger partial charge on any atom is 0.308 e. The van der Waals surface area contributed by atoms with Crippen LogP contribution in [0.5, 0.6) is 5.75 Å². The maximum absolute atomic E-state index is 12.7. The van der Waals surface area contributed by atoms with E-state index in [1.54, 1.807) is 22.8 Å². The van der Waals surface area contributed by atoms with Crippen LogP contribution in [0.1, 0.15) is 32.7 Å². The zero-order chi connectivity index (χ0) is 24.5. The number of aromatic nitrogens is 1. The predicted octanol–water partition coefficient (Wildman–Crippen LogP) is 2.79. The predicted molar refractivity (Wildman–Crippen MR) is 132 cm³/mol. The Hall–Kier alpha value is -2.25. The first kappa shape index (κ1) is 24.9. The summed E-state index contributed by atoms with van der Waals surface area (Å²) in [5.41, 5.74) is 0.711. The molecule has 1 fully saturated rings. The molecule has 0 amide bonds. The molecule has 3 aromatic rings. The molecule has 2 aromatic carbocycles. The Morgan fingerprint density at radius 1 is 1.00 bits per heavy atom. The van der Waals surface area contributed by atoms with Crippen LogP contribution in [0.2, 0.25) is 0 Å². The standard InChI is InChI=1S/C22H27N3O6S3/c1-16(2)25-20-10-9-19(15-21(20)32-22(25)26)33(27,28)23-11-14-31-17-5-7-18(8-6-17)34(29,30)24-12-3-4-13-24/h5-10,15-16,23H,3-4,11-14H2,1-2H3. The van der Waals surface area contributed by atoms with Crippen molar-refractivity contribution in [1.82, 2.24) is 13.6 Å². The van der Waals surface area contributed by atoms with Gasteiger partial charge in [0, 0.05) is 25.7 Å². The quantitative estimate of drug-likeness (QED) is 0.430. The Morgan fingerprint density at radius 3 is 2.29 bits per heavy atom. The van der Waals surface area contributed by atoms with Gasteiger partial charge in [-0.3, -0.25) is 9.36 Å². The Bertz CT molecular complexity index is 1440. The van der Waals surface area contributed by atoms with Crippen LogP contribution in [0.15, 0.2) is 57.1 Å². The zero-order valence-electron chi connectivity index (χ0n) is 18.9. The van der Waals surface area contributed by atoms with Gasteiger partial charge in [-0.2, -0.15) is 4.31 Å². The fraction of sp³-hybridized carbons (Fsp3) is 0.409. The molecule has 1 aliphatic heterocycles. The molecule has 0 unspecified atom stereocenters. The van der Waals surface area contributed by atoms with Crippen molar-refractivity contribution in [2.24, 2.45) is 0 Å². The highest BCUT2D eigenvalue weighted by Gasteiger charge is 2.27. The van der Waals surface area contributed by atoms with Crippen molar-refractivity contribution in [2.45, 2.75) is 42.5 Å². The van der Waals surface area contributed by atoms with Gasteiger partial charge < -0.3 is 4.74 Å². The second-order valence-corrected chi connectivity index (χ2v) is 13.0. The molecule has 34 heavy (non-hydrogen) atoms. The summed E-state index contributed by atoms with van der Waals surface area (Å²) in [6.07, 6.45) is 1.74. The molecule has 12 heteroatoms. The van der Waals surface area contributed by atoms with Gasteiger partial charge in [0.05, 0.1) is 20.0 Å². The lowest BCUT2D eigenvalue weighted by Gasteiger charge is -2.15. The number of hydrogen-bond acceptors (Lipinski definition) is 7. The van der Waals surface area contributed by atoms with Gasteiger partial charge in [-0.1, -0.05) is 11.3 Å². The Morgan fingerprint density at radius 2 is 1.65 bits per heavy atom. The third kappa shape index (κ3) is 5.05. The number of sulfonamides is 2. The van der Waals surface area contributed by atoms with E-state index in [4.69, 9.17) is 4.74 Å². The summed E-state index contributed by atoms with van der Waals surface area (Å²) < 4.78 is 62.3. The van der Waals surface area contributed by atoms with Crippen LogP contribution in [0, 0.1) is 0 Å². The number of thiazole rings is 1. The minimum absolute atomic E-state index is 0.0200. The van der Waals surface area contributed by atoms with E-state index in [0.717, 1.165) is 24.2 Å². The summed E-state index contributed by atoms with van der Waals surface area (Å²) >= 11 is 1.02. The van der Waals surface area contributed by atoms with Gasteiger partial charge in [0.25, 0.3) is 0 Å². The Balaban J connectivity index is 1.35. The van der Waals surface area contributed by atoms with Crippen molar-refractivity contribution in [3.63, 3.8) is 0 Å². The highest BCUT2D eigenvalue weighted by atomic mass is 32.2. The molecular formula is C22H27N3O6S3. The summed E-state index contributed by atoms with van der Waals surface area (Å²) in [6, 6.07) is 10.7. The lowest BCUT2D eigenvalue weighted by Crippen LogP contribution is -2.28. The molecule has 0 radical (unpaired) electrons. The number of rotatable bonds is 9. The Labute approximate surface area is 203 Å². The largest absolute Gasteiger partial charge is 0.492 e. The molecule has 0 spiro atoms. The van der Waals surface area contributed by atoms with Gasteiger partial charge in [0.1, 0.15) is 12.4 Å². The normalized spacial score (nSPS) is 15.4. The summed E-state index contributed by atoms with van der Waals surface area (Å²) in [5.74, 6) is 0.445. The number of nitrogens with zero attached hydrogens (tertiary/aromatic N) is 2. The highest BCUT2D eigenvalue weighted by Crippen LogP contribution is 2.25. The van der Waals surface area contributed by atoms with Crippen LogP contribution < -0.4 is 14.3 Å². The fourth-order valence-corrected chi connectivity index (χ4v) is 7.57. The van der Waals surface area contributed by atoms with Crippen molar-refractivity contribution in [2.75, 3.05) is 26.2 Å². The second kappa shape index (κ2) is 9.78. The van der Waals surface area contributed by atoms with E-state index < -0.39 is 20.0 Å². The molecule has 1 aromatic heterocycles. The minimum Gasteiger partial charge on any atom is -0.492 e. The average molecular weight is 526 g/mol. The van der Waals surface area contributed by atoms with Crippen molar-refractivity contribution in [3.8, 4) is 5.75 Å². The topological polar surface area (TPSA) is 115 Å². The van der Waals surface area contributed by atoms with Crippen LogP contribution in [0.25, 0.3) is 10.2 Å². The summed E-state index contributed by atoms with van der Waals surface area (Å²) in [7, 11) is -7.27. The van der Waals surface area contributed by atoms with Gasteiger partial charge in [0.15, 0.2) is 0 Å². The molecule has 9 nitrogen and oxygen atoms in total. The SMILES string of the molecule is CC(C)n1c(=O)sc2cc(S(=O)(=O)NCCOc3ccc(S(=O)(=O)N4CCCC4)cc3)ccc21. The molecule has 0 bridgehead atoms. The molecule has 2 heterocycles. The number of ether oxygens (including phenoxy) is 1. The molecule has 1 N–H and O–H groups in total. The second-order valence-electron chi connectivity index (χ2n) is 8.29. The minimum atomic E-state index is -3.79. The van der Waals surface area contributed by atoms with Gasteiger partial charge in [-0.15, -0.1) is 0 Å². The summed E-state index contributed by atoms with van der Waals surface area (Å²) in [6.45, 7) is 4.97. The van der Waals surface area contributed by atoms with Crippen LogP contribution >= 0.6 is 11.3 Å². The van der Waals surface area contributed by atoms with Gasteiger partial charge in [-0.05, 0) is 69.2 Å². The maximum atomic E-state index is 12.7. The molecule has 0 atom stereocenters. The summed E-state index contributed by atoms with van der Waals surface area (Å²) in [5, 5.41) is 0. The number of nitrogens with one attached hydrogen (secondary N) is 1. The fourth-order valence-electron chi connectivity index (χ4n) is 3.89. The van der Waals surface area contributed by atoms with E-state index >= 15 is 0 Å². The molecule has 1 aliphatic rings. The van der Waals surface area contributed by atoms with Crippen molar-refractivity contribution < 1.29 is 21.6 Å². The van der Waals surface area contributed by atoms with Gasteiger partial charge in [-0.25, -0.2) is 21.6 Å². The molecule has 0 aliphatic carbocycles. The monoisotopic (exact) mass is 525 g/mol. The van der Waals surface area contributed by atoms with Crippen LogP contribution in [0.3, 0.4) is 0 Å². The molecule has 0 saturated carbocycles. The first-order chi connectivity index (χ1) is 16.1. The van der Waals surface area contributed by atoms with Crippen molar-refractivity contribution >= 4 is 41.6 Å². The van der Waals surface area contributed by atoms with E-state index in [9.17, 15) is 21.6 Å². The van der Waals surface area contributed by atoms with Crippen LogP contribution in [0.4, 0.5) is 0 Å². The molecule has 4 rings (SSSR count). The third-order valence-corrected chi connectivity index (χ3v) is 9.89.